The Morgan fingerprint density at radius 1 is 0.271 bits per heavy atom. The average Bonchev–Trinajstić information content (AvgIpc) is 3.14. The monoisotopic (exact) mass is 874 g/mol. The molecule has 0 atom stereocenters. The Morgan fingerprint density at radius 3 is 0.896 bits per heavy atom. The van der Waals surface area contributed by atoms with Crippen molar-refractivity contribution < 1.29 is 0 Å². The van der Waals surface area contributed by atoms with Crippen LogP contribution in [0.4, 0.5) is 0 Å². The molecule has 0 bridgehead atoms. The fourth-order valence-corrected chi connectivity index (χ4v) is 13.0. The molecule has 0 saturated heterocycles. The van der Waals surface area contributed by atoms with Crippen molar-refractivity contribution in [1.29, 1.82) is 0 Å². The summed E-state index contributed by atoms with van der Waals surface area (Å²) in [6.07, 6.45) is 0. The summed E-state index contributed by atoms with van der Waals surface area (Å²) in [5.41, 5.74) is 2.71. The zero-order valence-electron chi connectivity index (χ0n) is 26.0. The second kappa shape index (κ2) is 14.2. The van der Waals surface area contributed by atoms with Crippen LogP contribution in [0.2, 0.25) is 0 Å². The van der Waals surface area contributed by atoms with Crippen molar-refractivity contribution in [3.63, 3.8) is 0 Å². The summed E-state index contributed by atoms with van der Waals surface area (Å²) in [4.78, 5) is 0. The molecule has 0 spiro atoms. The third-order valence-electron chi connectivity index (χ3n) is 8.76. The Balaban J connectivity index is 1.56. The van der Waals surface area contributed by atoms with E-state index in [2.05, 4.69) is 227 Å². The smallest absolute Gasteiger partial charge is 0.0209 e. The number of hydrogen-bond donors (Lipinski definition) is 0. The largest absolute Gasteiger partial charge is 0.0622 e. The van der Waals surface area contributed by atoms with Gasteiger partial charge in [-0.05, 0) is 138 Å². The summed E-state index contributed by atoms with van der Waals surface area (Å²) < 4.78 is 2.54. The summed E-state index contributed by atoms with van der Waals surface area (Å²) in [5.74, 6) is 0. The topological polar surface area (TPSA) is 0 Å². The molecular weight excluding hydrogens is 844 g/mol. The quantitative estimate of drug-likeness (QED) is 0.111. The first-order valence-electron chi connectivity index (χ1n) is 15.9. The van der Waals surface area contributed by atoms with E-state index >= 15 is 0 Å². The van der Waals surface area contributed by atoms with Gasteiger partial charge in [0.1, 0.15) is 0 Å². The molecule has 0 nitrogen and oxygen atoms in total. The SMILES string of the molecule is Ic1cccc2c(-c3c(P(c4ccccc4)c4ccccc4)ccc4c(I)cccc34)c(P(c3ccccc3)c3ccccc3)ccc12. The zero-order valence-corrected chi connectivity index (χ0v) is 32.1. The molecule has 0 aliphatic rings. The lowest BCUT2D eigenvalue weighted by Gasteiger charge is -2.28. The molecule has 8 rings (SSSR count). The number of fused-ring (bicyclic) bond motifs is 2. The van der Waals surface area contributed by atoms with Crippen LogP contribution >= 0.6 is 61.0 Å². The number of halogens is 2. The standard InChI is InChI=1S/C44H30I2P2/c45-39-25-13-23-37-35(39)27-29-41(47(31-15-5-1-6-16-31)32-17-7-2-8-18-32)43(37)44-38-24-14-26-40(46)36(38)28-30-42(44)48(33-19-9-3-10-20-33)34-21-11-4-12-22-34/h1-30H. The Kier molecular flexibility index (Phi) is 9.43. The van der Waals surface area contributed by atoms with Gasteiger partial charge in [-0.15, -0.1) is 0 Å². The van der Waals surface area contributed by atoms with E-state index in [1.165, 1.54) is 71.6 Å². The van der Waals surface area contributed by atoms with Crippen LogP contribution in [-0.2, 0) is 0 Å². The Bertz CT molecular complexity index is 2110. The van der Waals surface area contributed by atoms with E-state index in [1.54, 1.807) is 0 Å². The molecule has 8 aromatic rings. The molecule has 0 aromatic heterocycles. The van der Waals surface area contributed by atoms with E-state index in [9.17, 15) is 0 Å². The van der Waals surface area contributed by atoms with Gasteiger partial charge in [0.15, 0.2) is 0 Å². The van der Waals surface area contributed by atoms with Crippen molar-refractivity contribution in [3.8, 4) is 11.1 Å². The van der Waals surface area contributed by atoms with Crippen molar-refractivity contribution >= 4 is 114 Å². The van der Waals surface area contributed by atoms with E-state index in [0.717, 1.165) is 0 Å². The lowest BCUT2D eigenvalue weighted by atomic mass is 9.93. The minimum absolute atomic E-state index is 0.874. The summed E-state index contributed by atoms with van der Waals surface area (Å²) in [5, 5.41) is 13.4. The van der Waals surface area contributed by atoms with Gasteiger partial charge in [0.25, 0.3) is 0 Å². The molecule has 0 amide bonds. The Hall–Kier alpha value is -3.40. The maximum absolute atomic E-state index is 2.52. The molecule has 0 aliphatic carbocycles. The summed E-state index contributed by atoms with van der Waals surface area (Å²) in [6.45, 7) is 0. The van der Waals surface area contributed by atoms with Gasteiger partial charge in [0.2, 0.25) is 0 Å². The molecule has 0 N–H and O–H groups in total. The minimum atomic E-state index is -0.874. The first-order valence-corrected chi connectivity index (χ1v) is 20.8. The summed E-state index contributed by atoms with van der Waals surface area (Å²) >= 11 is 5.04. The Labute approximate surface area is 312 Å². The van der Waals surface area contributed by atoms with Gasteiger partial charge in [0, 0.05) is 7.14 Å². The molecule has 0 unspecified atom stereocenters. The van der Waals surface area contributed by atoms with E-state index in [-0.39, 0.29) is 0 Å². The summed E-state index contributed by atoms with van der Waals surface area (Å²) in [6, 6.07) is 67.8. The maximum atomic E-state index is 2.52. The van der Waals surface area contributed by atoms with Crippen molar-refractivity contribution in [2.75, 3.05) is 0 Å². The second-order valence-electron chi connectivity index (χ2n) is 11.6. The van der Waals surface area contributed by atoms with E-state index in [4.69, 9.17) is 0 Å². The lowest BCUT2D eigenvalue weighted by molar-refractivity contribution is 1.69. The average molecular weight is 874 g/mol. The highest BCUT2D eigenvalue weighted by molar-refractivity contribution is 14.1. The minimum Gasteiger partial charge on any atom is -0.0622 e. The van der Waals surface area contributed by atoms with Crippen LogP contribution in [0.5, 0.6) is 0 Å². The van der Waals surface area contributed by atoms with Crippen molar-refractivity contribution in [2.24, 2.45) is 0 Å². The number of hydrogen-bond acceptors (Lipinski definition) is 0. The van der Waals surface area contributed by atoms with Gasteiger partial charge in [-0.25, -0.2) is 0 Å². The molecule has 0 saturated carbocycles. The maximum Gasteiger partial charge on any atom is 0.0209 e. The van der Waals surface area contributed by atoms with E-state index < -0.39 is 15.8 Å². The van der Waals surface area contributed by atoms with Crippen LogP contribution in [0.15, 0.2) is 182 Å². The molecule has 230 valence electrons. The molecular formula is C44H30I2P2. The van der Waals surface area contributed by atoms with Crippen molar-refractivity contribution in [2.45, 2.75) is 0 Å². The van der Waals surface area contributed by atoms with Gasteiger partial charge >= 0.3 is 0 Å². The van der Waals surface area contributed by atoms with Crippen LogP contribution in [0.3, 0.4) is 0 Å². The van der Waals surface area contributed by atoms with Crippen LogP contribution < -0.4 is 31.8 Å². The van der Waals surface area contributed by atoms with Gasteiger partial charge in [-0.3, -0.25) is 0 Å². The fraction of sp³-hybridized carbons (Fsp3) is 0. The molecule has 0 aliphatic heterocycles. The van der Waals surface area contributed by atoms with E-state index in [1.807, 2.05) is 0 Å². The molecule has 0 heterocycles. The first-order chi connectivity index (χ1) is 23.7. The van der Waals surface area contributed by atoms with Crippen molar-refractivity contribution in [3.05, 3.63) is 189 Å². The first kappa shape index (κ1) is 31.8. The highest BCUT2D eigenvalue weighted by atomic mass is 127. The fourth-order valence-electron chi connectivity index (χ4n) is 6.68. The third kappa shape index (κ3) is 6.03. The Morgan fingerprint density at radius 2 is 0.583 bits per heavy atom. The number of benzene rings is 8. The molecule has 0 fully saturated rings. The van der Waals surface area contributed by atoms with Crippen LogP contribution in [-0.4, -0.2) is 0 Å². The van der Waals surface area contributed by atoms with E-state index in [0.29, 0.717) is 0 Å². The normalized spacial score (nSPS) is 11.5. The summed E-state index contributed by atoms with van der Waals surface area (Å²) in [7, 11) is -1.75. The van der Waals surface area contributed by atoms with Crippen molar-refractivity contribution in [1.82, 2.24) is 0 Å². The van der Waals surface area contributed by atoms with Gasteiger partial charge < -0.3 is 0 Å². The molecule has 0 radical (unpaired) electrons. The van der Waals surface area contributed by atoms with Gasteiger partial charge in [0.05, 0.1) is 0 Å². The number of rotatable bonds is 7. The van der Waals surface area contributed by atoms with Crippen LogP contribution in [0.1, 0.15) is 0 Å². The van der Waals surface area contributed by atoms with Gasteiger partial charge in [-0.1, -0.05) is 170 Å². The second-order valence-corrected chi connectivity index (χ2v) is 18.3. The highest BCUT2D eigenvalue weighted by Gasteiger charge is 2.28. The predicted molar refractivity (Wildman–Crippen MR) is 230 cm³/mol. The highest BCUT2D eigenvalue weighted by Crippen LogP contribution is 2.46. The predicted octanol–water partition coefficient (Wildman–Crippen LogP) is 10.4. The molecule has 4 heteroatoms. The van der Waals surface area contributed by atoms with Crippen LogP contribution in [0.25, 0.3) is 32.7 Å². The lowest BCUT2D eigenvalue weighted by Crippen LogP contribution is -2.26. The molecule has 8 aromatic carbocycles. The zero-order chi connectivity index (χ0) is 32.5. The van der Waals surface area contributed by atoms with Crippen LogP contribution in [0, 0.1) is 7.14 Å². The van der Waals surface area contributed by atoms with Gasteiger partial charge in [-0.2, -0.15) is 0 Å². The third-order valence-corrected chi connectivity index (χ3v) is 15.6. The molecule has 48 heavy (non-hydrogen) atoms.